The van der Waals surface area contributed by atoms with Gasteiger partial charge < -0.3 is 4.57 Å². The minimum atomic E-state index is -0.292. The van der Waals surface area contributed by atoms with E-state index in [-0.39, 0.29) is 5.82 Å². The Morgan fingerprint density at radius 3 is 3.00 bits per heavy atom. The number of rotatable bonds is 3. The zero-order chi connectivity index (χ0) is 14.8. The maximum atomic E-state index is 13.1. The summed E-state index contributed by atoms with van der Waals surface area (Å²) in [6.07, 6.45) is 3.99. The third-order valence-corrected chi connectivity index (χ3v) is 4.38. The van der Waals surface area contributed by atoms with Crippen molar-refractivity contribution < 1.29 is 4.39 Å². The van der Waals surface area contributed by atoms with Gasteiger partial charge >= 0.3 is 0 Å². The van der Waals surface area contributed by atoms with Crippen LogP contribution in [0.3, 0.4) is 0 Å². The Kier molecular flexibility index (Phi) is 4.22. The van der Waals surface area contributed by atoms with E-state index in [1.165, 1.54) is 12.1 Å². The Bertz CT molecular complexity index is 628. The van der Waals surface area contributed by atoms with E-state index < -0.39 is 0 Å². The van der Waals surface area contributed by atoms with Crippen LogP contribution in [-0.4, -0.2) is 32.8 Å². The highest BCUT2D eigenvalue weighted by Crippen LogP contribution is 2.27. The van der Waals surface area contributed by atoms with E-state index in [9.17, 15) is 4.39 Å². The van der Waals surface area contributed by atoms with Crippen LogP contribution in [0.5, 0.6) is 0 Å². The average Bonchev–Trinajstić information content (AvgIpc) is 2.89. The molecule has 1 atom stereocenters. The van der Waals surface area contributed by atoms with Crippen molar-refractivity contribution in [1.82, 2.24) is 19.7 Å². The highest BCUT2D eigenvalue weighted by Gasteiger charge is 2.25. The second-order valence-electron chi connectivity index (χ2n) is 5.61. The van der Waals surface area contributed by atoms with Crippen molar-refractivity contribution in [1.29, 1.82) is 0 Å². The molecule has 0 amide bonds. The van der Waals surface area contributed by atoms with Crippen LogP contribution in [0.4, 0.5) is 4.39 Å². The van der Waals surface area contributed by atoms with Crippen LogP contribution in [0.2, 0.25) is 5.02 Å². The maximum absolute atomic E-state index is 13.1. The second-order valence-corrected chi connectivity index (χ2v) is 6.02. The van der Waals surface area contributed by atoms with Crippen molar-refractivity contribution in [3.05, 3.63) is 46.8 Å². The Balaban J connectivity index is 1.70. The predicted molar refractivity (Wildman–Crippen MR) is 79.7 cm³/mol. The summed E-state index contributed by atoms with van der Waals surface area (Å²) >= 11 is 6.12. The van der Waals surface area contributed by atoms with Crippen molar-refractivity contribution in [2.45, 2.75) is 25.3 Å². The summed E-state index contributed by atoms with van der Waals surface area (Å²) < 4.78 is 15.1. The Morgan fingerprint density at radius 1 is 1.43 bits per heavy atom. The first kappa shape index (κ1) is 14.5. The van der Waals surface area contributed by atoms with Gasteiger partial charge in [-0.3, -0.25) is 4.90 Å². The van der Waals surface area contributed by atoms with Crippen molar-refractivity contribution in [3.8, 4) is 0 Å². The fraction of sp³-hybridized carbons (Fsp3) is 0.467. The normalized spacial score (nSPS) is 19.9. The number of halogens is 2. The lowest BCUT2D eigenvalue weighted by atomic mass is 9.96. The van der Waals surface area contributed by atoms with E-state index in [1.54, 1.807) is 12.4 Å². The van der Waals surface area contributed by atoms with Crippen LogP contribution >= 0.6 is 11.6 Å². The van der Waals surface area contributed by atoms with Crippen molar-refractivity contribution in [2.24, 2.45) is 7.05 Å². The Labute approximate surface area is 128 Å². The molecule has 0 N–H and O–H groups in total. The molecule has 0 aliphatic carbocycles. The summed E-state index contributed by atoms with van der Waals surface area (Å²) in [6, 6.07) is 4.61. The molecule has 0 saturated carbocycles. The zero-order valence-electron chi connectivity index (χ0n) is 12.0. The minimum absolute atomic E-state index is 0.292. The van der Waals surface area contributed by atoms with E-state index in [1.807, 2.05) is 11.6 Å². The van der Waals surface area contributed by atoms with Gasteiger partial charge in [-0.25, -0.2) is 4.39 Å². The Morgan fingerprint density at radius 2 is 2.29 bits per heavy atom. The molecule has 1 saturated heterocycles. The van der Waals surface area contributed by atoms with Crippen LogP contribution in [-0.2, 0) is 13.6 Å². The van der Waals surface area contributed by atoms with Gasteiger partial charge in [-0.15, -0.1) is 10.2 Å². The molecule has 1 aliphatic heterocycles. The van der Waals surface area contributed by atoms with Gasteiger partial charge in [-0.1, -0.05) is 17.7 Å². The van der Waals surface area contributed by atoms with Gasteiger partial charge in [0.05, 0.1) is 0 Å². The van der Waals surface area contributed by atoms with Gasteiger partial charge in [0.1, 0.15) is 18.0 Å². The van der Waals surface area contributed by atoms with E-state index in [4.69, 9.17) is 11.6 Å². The highest BCUT2D eigenvalue weighted by atomic mass is 35.5. The van der Waals surface area contributed by atoms with E-state index in [2.05, 4.69) is 15.1 Å². The minimum Gasteiger partial charge on any atom is -0.320 e. The number of hydrogen-bond donors (Lipinski definition) is 0. The lowest BCUT2D eigenvalue weighted by Gasteiger charge is -2.32. The fourth-order valence-corrected chi connectivity index (χ4v) is 3.19. The molecule has 21 heavy (non-hydrogen) atoms. The van der Waals surface area contributed by atoms with Crippen molar-refractivity contribution in [2.75, 3.05) is 13.1 Å². The Hall–Kier alpha value is -1.46. The third-order valence-electron chi connectivity index (χ3n) is 4.03. The molecule has 1 aromatic carbocycles. The molecule has 2 heterocycles. The summed E-state index contributed by atoms with van der Waals surface area (Å²) in [5.74, 6) is 1.13. The molecular formula is C15H18ClFN4. The molecule has 4 nitrogen and oxygen atoms in total. The van der Waals surface area contributed by atoms with Crippen LogP contribution in [0.15, 0.2) is 24.5 Å². The van der Waals surface area contributed by atoms with Gasteiger partial charge in [0, 0.05) is 31.1 Å². The van der Waals surface area contributed by atoms with Crippen LogP contribution in [0, 0.1) is 5.82 Å². The van der Waals surface area contributed by atoms with E-state index in [0.29, 0.717) is 10.9 Å². The molecule has 6 heteroatoms. The summed E-state index contributed by atoms with van der Waals surface area (Å²) in [7, 11) is 1.98. The molecule has 1 fully saturated rings. The number of aryl methyl sites for hydroxylation is 1. The van der Waals surface area contributed by atoms with E-state index in [0.717, 1.165) is 43.9 Å². The number of piperidine rings is 1. The molecule has 3 rings (SSSR count). The first-order valence-electron chi connectivity index (χ1n) is 7.13. The zero-order valence-corrected chi connectivity index (χ0v) is 12.7. The van der Waals surface area contributed by atoms with Crippen LogP contribution in [0.1, 0.15) is 30.1 Å². The molecule has 0 radical (unpaired) electrons. The lowest BCUT2D eigenvalue weighted by molar-refractivity contribution is 0.195. The topological polar surface area (TPSA) is 34.0 Å². The summed E-state index contributed by atoms with van der Waals surface area (Å²) in [4.78, 5) is 2.35. The quantitative estimate of drug-likeness (QED) is 0.874. The third kappa shape index (κ3) is 3.24. The summed E-state index contributed by atoms with van der Waals surface area (Å²) in [5.41, 5.74) is 0.969. The van der Waals surface area contributed by atoms with Gasteiger partial charge in [0.15, 0.2) is 0 Å². The first-order chi connectivity index (χ1) is 10.1. The average molecular weight is 309 g/mol. The van der Waals surface area contributed by atoms with Crippen LogP contribution < -0.4 is 0 Å². The predicted octanol–water partition coefficient (Wildman–Crippen LogP) is 2.99. The largest absolute Gasteiger partial charge is 0.320 e. The molecule has 0 bridgehead atoms. The van der Waals surface area contributed by atoms with Crippen molar-refractivity contribution >= 4 is 11.6 Å². The maximum Gasteiger partial charge on any atom is 0.136 e. The first-order valence-corrected chi connectivity index (χ1v) is 7.51. The summed E-state index contributed by atoms with van der Waals surface area (Å²) in [6.45, 7) is 2.70. The van der Waals surface area contributed by atoms with Gasteiger partial charge in [0.2, 0.25) is 0 Å². The summed E-state index contributed by atoms with van der Waals surface area (Å²) in [5, 5.41) is 8.68. The number of nitrogens with zero attached hydrogens (tertiary/aromatic N) is 4. The molecule has 112 valence electrons. The SMILES string of the molecule is Cn1cnnc1[C@H]1CCCN(Cc2ccc(F)cc2Cl)C1. The lowest BCUT2D eigenvalue weighted by Crippen LogP contribution is -2.34. The molecule has 0 unspecified atom stereocenters. The highest BCUT2D eigenvalue weighted by molar-refractivity contribution is 6.31. The van der Waals surface area contributed by atoms with Crippen LogP contribution in [0.25, 0.3) is 0 Å². The number of benzene rings is 1. The van der Waals surface area contributed by atoms with Gasteiger partial charge in [-0.2, -0.15) is 0 Å². The molecule has 2 aromatic rings. The number of hydrogen-bond acceptors (Lipinski definition) is 3. The molecular weight excluding hydrogens is 291 g/mol. The fourth-order valence-electron chi connectivity index (χ4n) is 2.96. The molecule has 0 spiro atoms. The number of likely N-dealkylation sites (tertiary alicyclic amines) is 1. The smallest absolute Gasteiger partial charge is 0.136 e. The van der Waals surface area contributed by atoms with Gasteiger partial charge in [0.25, 0.3) is 0 Å². The van der Waals surface area contributed by atoms with Gasteiger partial charge in [-0.05, 0) is 37.1 Å². The standard InChI is InChI=1S/C15H18ClFN4/c1-20-10-18-19-15(20)12-3-2-6-21(9-12)8-11-4-5-13(17)7-14(11)16/h4-5,7,10,12H,2-3,6,8-9H2,1H3/t12-/m0/s1. The number of aromatic nitrogens is 3. The van der Waals surface area contributed by atoms with Crippen molar-refractivity contribution in [3.63, 3.8) is 0 Å². The monoisotopic (exact) mass is 308 g/mol. The molecule has 1 aliphatic rings. The molecule has 1 aromatic heterocycles. The second kappa shape index (κ2) is 6.12. The van der Waals surface area contributed by atoms with E-state index >= 15 is 0 Å².